The van der Waals surface area contributed by atoms with E-state index in [0.29, 0.717) is 0 Å². The maximum Gasteiger partial charge on any atom is 0.146 e. The van der Waals surface area contributed by atoms with E-state index in [4.69, 9.17) is 4.98 Å². The van der Waals surface area contributed by atoms with Gasteiger partial charge in [0.15, 0.2) is 0 Å². The second-order valence-electron chi connectivity index (χ2n) is 26.7. The topological polar surface area (TPSA) is 29.9 Å². The van der Waals surface area contributed by atoms with Crippen LogP contribution in [0.15, 0.2) is 237 Å². The summed E-state index contributed by atoms with van der Waals surface area (Å²) in [4.78, 5) is 8.40. The first-order chi connectivity index (χ1) is 42.0. The minimum Gasteiger partial charge on any atom is -0.333 e. The predicted molar refractivity (Wildman–Crippen MR) is 365 cm³/mol. The maximum absolute atomic E-state index is 5.86. The molecule has 0 fully saturated rings. The van der Waals surface area contributed by atoms with Crippen molar-refractivity contribution in [1.29, 1.82) is 0 Å². The molecule has 5 nitrogen and oxygen atoms in total. The van der Waals surface area contributed by atoms with E-state index in [9.17, 15) is 0 Å². The van der Waals surface area contributed by atoms with E-state index in [1.54, 1.807) is 0 Å². The smallest absolute Gasteiger partial charge is 0.146 e. The van der Waals surface area contributed by atoms with Gasteiger partial charge in [-0.15, -0.1) is 0 Å². The van der Waals surface area contributed by atoms with Crippen molar-refractivity contribution in [1.82, 2.24) is 18.4 Å². The zero-order valence-electron chi connectivity index (χ0n) is 48.9. The first-order valence-electron chi connectivity index (χ1n) is 30.5. The minimum absolute atomic E-state index is 0.124. The van der Waals surface area contributed by atoms with Crippen molar-refractivity contribution >= 4 is 131 Å². The van der Waals surface area contributed by atoms with Gasteiger partial charge in [-0.2, -0.15) is 0 Å². The molecule has 1 aliphatic heterocycles. The fraction of sp³-hybridized carbons (Fsp3) is 0.123. The van der Waals surface area contributed by atoms with Gasteiger partial charge in [0.05, 0.1) is 50.9 Å². The molecular formula is C81H59N5. The molecule has 2 aliphatic rings. The molecule has 0 saturated heterocycles. The Bertz CT molecular complexity index is 5850. The third kappa shape index (κ3) is 6.31. The van der Waals surface area contributed by atoms with Gasteiger partial charge in [0.2, 0.25) is 0 Å². The average molecular weight is 1100 g/mol. The lowest BCUT2D eigenvalue weighted by atomic mass is 9.83. The number of anilines is 2. The SMILES string of the molecule is CC(C)(C)c1cc(-c2ccc3c(c2)c2ccccc2n3-c2ccccc2)c2c(c1)c1c3ccccc3cc3c4c5c6cc(C(C)(C)C)cc7c8c9ccccc9cc(-c9ccc%10c(c9)C9C=CC=CC9N%10c9ccccc9)c8n(c5ncc4n2c31)c67. The van der Waals surface area contributed by atoms with Gasteiger partial charge in [-0.25, -0.2) is 4.98 Å². The number of nitrogens with zero attached hydrogens (tertiary/aromatic N) is 5. The predicted octanol–water partition coefficient (Wildman–Crippen LogP) is 21.4. The third-order valence-electron chi connectivity index (χ3n) is 19.9. The highest BCUT2D eigenvalue weighted by atomic mass is 15.2. The molecule has 0 saturated carbocycles. The van der Waals surface area contributed by atoms with Gasteiger partial charge in [0.25, 0.3) is 0 Å². The van der Waals surface area contributed by atoms with Crippen molar-refractivity contribution in [2.24, 2.45) is 0 Å². The quantitative estimate of drug-likeness (QED) is 0.176. The molecule has 11 aromatic carbocycles. The average Bonchev–Trinajstić information content (AvgIpc) is 1.73. The van der Waals surface area contributed by atoms with Gasteiger partial charge in [-0.05, 0) is 151 Å². The Labute approximate surface area is 497 Å². The highest BCUT2D eigenvalue weighted by molar-refractivity contribution is 6.40. The summed E-state index contributed by atoms with van der Waals surface area (Å²) >= 11 is 0. The van der Waals surface area contributed by atoms with Crippen molar-refractivity contribution in [3.05, 3.63) is 253 Å². The number of allylic oxidation sites excluding steroid dienone is 2. The lowest BCUT2D eigenvalue weighted by molar-refractivity contribution is 0.591. The lowest BCUT2D eigenvalue weighted by Crippen LogP contribution is -2.28. The van der Waals surface area contributed by atoms with Crippen molar-refractivity contribution in [2.75, 3.05) is 4.90 Å². The highest BCUT2D eigenvalue weighted by Crippen LogP contribution is 2.55. The fourth-order valence-corrected chi connectivity index (χ4v) is 15.9. The van der Waals surface area contributed by atoms with Gasteiger partial charge in [-0.1, -0.05) is 181 Å². The molecule has 86 heavy (non-hydrogen) atoms. The molecule has 1 aliphatic carbocycles. The van der Waals surface area contributed by atoms with Crippen LogP contribution in [0.3, 0.4) is 0 Å². The summed E-state index contributed by atoms with van der Waals surface area (Å²) in [5.74, 6) is 0.219. The standard InChI is InChI=1S/C81H59N5/c1-80(2,3)50-41-59(49-34-36-69-61(39-49)57-30-18-20-32-67(57)84(69)53-25-11-8-12-26-53)75-63(42-50)72-55-28-16-14-22-47(55)40-62-73-70(85(75)78(62)72)45-82-79-74(73)65-44-51(81(4,5)6)43-64-71-54-27-15-13-21-46(54)37-58(77(71)86(79)76(64)65)48-33-35-68-60(38-48)56-29-17-19-31-66(56)83(68)52-23-9-7-10-24-52/h7-45,56,66H,1-6H3. The molecule has 6 aromatic heterocycles. The second-order valence-corrected chi connectivity index (χ2v) is 26.7. The number of benzene rings is 11. The monoisotopic (exact) mass is 1100 g/mol. The summed E-state index contributed by atoms with van der Waals surface area (Å²) in [6.07, 6.45) is 11.4. The second kappa shape index (κ2) is 16.8. The zero-order chi connectivity index (χ0) is 57.2. The van der Waals surface area contributed by atoms with Crippen molar-refractivity contribution < 1.29 is 0 Å². The zero-order valence-corrected chi connectivity index (χ0v) is 48.9. The largest absolute Gasteiger partial charge is 0.333 e. The van der Waals surface area contributed by atoms with Gasteiger partial charge in [0.1, 0.15) is 5.65 Å². The van der Waals surface area contributed by atoms with Crippen LogP contribution < -0.4 is 4.90 Å². The molecule has 7 heterocycles. The summed E-state index contributed by atoms with van der Waals surface area (Å²) in [5, 5.41) is 17.6. The molecule has 2 unspecified atom stereocenters. The van der Waals surface area contributed by atoms with Gasteiger partial charge in [-0.3, -0.25) is 4.40 Å². The van der Waals surface area contributed by atoms with Crippen LogP contribution in [0.2, 0.25) is 0 Å². The van der Waals surface area contributed by atoms with E-state index in [-0.39, 0.29) is 22.8 Å². The maximum atomic E-state index is 5.86. The number of fused-ring (bicyclic) bond motifs is 23. The van der Waals surface area contributed by atoms with Crippen LogP contribution in [0.1, 0.15) is 64.2 Å². The molecule has 0 bridgehead atoms. The molecule has 408 valence electrons. The Morgan fingerprint density at radius 3 is 1.70 bits per heavy atom. The summed E-state index contributed by atoms with van der Waals surface area (Å²) in [6.45, 7) is 14.2. The van der Waals surface area contributed by atoms with Gasteiger partial charge in [0, 0.05) is 88.0 Å². The lowest BCUT2D eigenvalue weighted by Gasteiger charge is -2.28. The van der Waals surface area contributed by atoms with E-state index in [1.807, 2.05) is 0 Å². The Morgan fingerprint density at radius 1 is 0.384 bits per heavy atom. The Balaban J connectivity index is 0.952. The Morgan fingerprint density at radius 2 is 0.953 bits per heavy atom. The molecular weight excluding hydrogens is 1040 g/mol. The van der Waals surface area contributed by atoms with Crippen molar-refractivity contribution in [3.63, 3.8) is 0 Å². The van der Waals surface area contributed by atoms with E-state index < -0.39 is 0 Å². The van der Waals surface area contributed by atoms with Crippen molar-refractivity contribution in [2.45, 2.75) is 64.3 Å². The number of pyridine rings is 1. The molecule has 0 radical (unpaired) electrons. The van der Waals surface area contributed by atoms with E-state index in [2.05, 4.69) is 297 Å². The van der Waals surface area contributed by atoms with E-state index >= 15 is 0 Å². The number of rotatable bonds is 4. The van der Waals surface area contributed by atoms with E-state index in [1.165, 1.54) is 159 Å². The highest BCUT2D eigenvalue weighted by Gasteiger charge is 2.38. The summed E-state index contributed by atoms with van der Waals surface area (Å²) in [5.41, 5.74) is 21.6. The molecule has 5 heteroatoms. The van der Waals surface area contributed by atoms with Crippen LogP contribution in [0, 0.1) is 0 Å². The summed E-state index contributed by atoms with van der Waals surface area (Å²) < 4.78 is 7.62. The number of para-hydroxylation sites is 3. The molecule has 0 spiro atoms. The third-order valence-corrected chi connectivity index (χ3v) is 19.9. The van der Waals surface area contributed by atoms with Gasteiger partial charge < -0.3 is 13.9 Å². The first kappa shape index (κ1) is 48.2. The summed E-state index contributed by atoms with van der Waals surface area (Å²) in [6, 6.07) is 78.4. The van der Waals surface area contributed by atoms with Crippen LogP contribution in [0.5, 0.6) is 0 Å². The van der Waals surface area contributed by atoms with Crippen LogP contribution in [-0.2, 0) is 10.8 Å². The van der Waals surface area contributed by atoms with Crippen LogP contribution in [0.4, 0.5) is 11.4 Å². The first-order valence-corrected chi connectivity index (χ1v) is 30.5. The van der Waals surface area contributed by atoms with Gasteiger partial charge >= 0.3 is 0 Å². The minimum atomic E-state index is -0.143. The van der Waals surface area contributed by atoms with E-state index in [0.717, 1.165) is 16.9 Å². The van der Waals surface area contributed by atoms with Crippen LogP contribution in [-0.4, -0.2) is 24.4 Å². The molecule has 0 N–H and O–H groups in total. The van der Waals surface area contributed by atoms with Crippen molar-refractivity contribution in [3.8, 4) is 27.9 Å². The molecule has 17 aromatic rings. The number of hydrogen-bond acceptors (Lipinski definition) is 2. The normalized spacial score (nSPS) is 15.7. The number of aromatic nitrogens is 4. The van der Waals surface area contributed by atoms with Crippen LogP contribution in [0.25, 0.3) is 148 Å². The summed E-state index contributed by atoms with van der Waals surface area (Å²) in [7, 11) is 0. The molecule has 0 amide bonds. The Hall–Kier alpha value is -10.2. The molecule has 2 atom stereocenters. The fourth-order valence-electron chi connectivity index (χ4n) is 15.9. The molecule has 19 rings (SSSR count). The number of hydrogen-bond donors (Lipinski definition) is 0. The van der Waals surface area contributed by atoms with Crippen LogP contribution >= 0.6 is 0 Å². The Kier molecular flexibility index (Phi) is 9.39.